The maximum atomic E-state index is 12.9. The lowest BCUT2D eigenvalue weighted by molar-refractivity contribution is 0.463. The Morgan fingerprint density at radius 1 is 1.40 bits per heavy atom. The number of alkyl halides is 2. The van der Waals surface area contributed by atoms with Crippen LogP contribution in [0.5, 0.6) is 0 Å². The minimum Gasteiger partial charge on any atom is -0.246 e. The fraction of sp³-hybridized carbons (Fsp3) is 0.182. The summed E-state index contributed by atoms with van der Waals surface area (Å²) in [6, 6.07) is 5.26. The molecule has 78 valence electrons. The molecule has 0 aliphatic heterocycles. The number of nitriles is 1. The average molecular weight is 211 g/mol. The minimum atomic E-state index is -0.953. The van der Waals surface area contributed by atoms with Crippen LogP contribution in [-0.2, 0) is 6.67 Å². The van der Waals surface area contributed by atoms with Crippen LogP contribution >= 0.6 is 0 Å². The van der Waals surface area contributed by atoms with E-state index in [4.69, 9.17) is 5.26 Å². The lowest BCUT2D eigenvalue weighted by atomic mass is 10.0. The van der Waals surface area contributed by atoms with Gasteiger partial charge in [0.05, 0.1) is 6.07 Å². The first-order chi connectivity index (χ1) is 7.22. The van der Waals surface area contributed by atoms with Gasteiger partial charge < -0.3 is 0 Å². The van der Waals surface area contributed by atoms with Gasteiger partial charge in [0.25, 0.3) is 0 Å². The zero-order chi connectivity index (χ0) is 11.3. The van der Waals surface area contributed by atoms with Crippen molar-refractivity contribution in [1.29, 1.82) is 5.26 Å². The molecule has 0 aliphatic rings. The van der Waals surface area contributed by atoms with E-state index in [2.05, 4.69) is 0 Å². The molecule has 0 saturated carbocycles. The Morgan fingerprint density at radius 2 is 2.13 bits per heavy atom. The molecule has 0 radical (unpaired) electrons. The summed E-state index contributed by atoms with van der Waals surface area (Å²) in [5.41, 5.74) is 0.310. The Labute approximate surface area is 85.5 Å². The number of hydrogen-bond acceptors (Lipinski definition) is 1. The molecule has 0 aliphatic carbocycles. The van der Waals surface area contributed by atoms with Crippen LogP contribution in [0.25, 0.3) is 5.57 Å². The van der Waals surface area contributed by atoms with Gasteiger partial charge in [0.15, 0.2) is 0 Å². The fourth-order valence-electron chi connectivity index (χ4n) is 1.15. The van der Waals surface area contributed by atoms with Crippen molar-refractivity contribution in [2.75, 3.05) is 6.67 Å². The smallest absolute Gasteiger partial charge is 0.129 e. The number of benzene rings is 1. The van der Waals surface area contributed by atoms with Crippen molar-refractivity contribution in [3.05, 3.63) is 41.2 Å². The molecule has 0 atom stereocenters. The molecule has 0 N–H and O–H groups in total. The van der Waals surface area contributed by atoms with Gasteiger partial charge in [-0.3, -0.25) is 0 Å². The van der Waals surface area contributed by atoms with E-state index < -0.39 is 19.2 Å². The molecule has 0 unspecified atom stereocenters. The van der Waals surface area contributed by atoms with Crippen molar-refractivity contribution in [2.45, 2.75) is 6.67 Å². The van der Waals surface area contributed by atoms with Crippen molar-refractivity contribution in [3.8, 4) is 6.07 Å². The van der Waals surface area contributed by atoms with Crippen molar-refractivity contribution < 1.29 is 13.2 Å². The van der Waals surface area contributed by atoms with E-state index in [1.54, 1.807) is 6.07 Å². The SMILES string of the molecule is N#CC=C(CF)c1ccc(F)c(CF)c1. The molecule has 1 aromatic rings. The van der Waals surface area contributed by atoms with Gasteiger partial charge in [0.2, 0.25) is 0 Å². The van der Waals surface area contributed by atoms with Crippen molar-refractivity contribution in [1.82, 2.24) is 0 Å². The van der Waals surface area contributed by atoms with Gasteiger partial charge in [-0.25, -0.2) is 13.2 Å². The van der Waals surface area contributed by atoms with Crippen molar-refractivity contribution >= 4 is 5.57 Å². The standard InChI is InChI=1S/C11H8F3N/c12-6-9(3-4-15)8-1-2-11(14)10(5-8)7-13/h1-3,5H,6-7H2. The van der Waals surface area contributed by atoms with Crippen LogP contribution in [-0.4, -0.2) is 6.67 Å². The van der Waals surface area contributed by atoms with Gasteiger partial charge in [0.1, 0.15) is 19.2 Å². The van der Waals surface area contributed by atoms with Crippen molar-refractivity contribution in [2.24, 2.45) is 0 Å². The van der Waals surface area contributed by atoms with Crippen LogP contribution in [0.4, 0.5) is 13.2 Å². The Bertz CT molecular complexity index is 418. The molecule has 0 bridgehead atoms. The normalized spacial score (nSPS) is 11.2. The molecule has 1 aromatic carbocycles. The number of halogens is 3. The van der Waals surface area contributed by atoms with E-state index in [1.165, 1.54) is 12.1 Å². The second kappa shape index (κ2) is 5.20. The zero-order valence-electron chi connectivity index (χ0n) is 7.80. The summed E-state index contributed by atoms with van der Waals surface area (Å²) in [6.07, 6.45) is 1.02. The van der Waals surface area contributed by atoms with Gasteiger partial charge >= 0.3 is 0 Å². The van der Waals surface area contributed by atoms with Gasteiger partial charge in [0, 0.05) is 17.2 Å². The third-order valence-corrected chi connectivity index (χ3v) is 1.94. The number of rotatable bonds is 3. The Balaban J connectivity index is 3.16. The molecule has 0 saturated heterocycles. The fourth-order valence-corrected chi connectivity index (χ4v) is 1.15. The third-order valence-electron chi connectivity index (χ3n) is 1.94. The van der Waals surface area contributed by atoms with Gasteiger partial charge in [-0.15, -0.1) is 0 Å². The van der Waals surface area contributed by atoms with E-state index >= 15 is 0 Å². The minimum absolute atomic E-state index is 0.118. The summed E-state index contributed by atoms with van der Waals surface area (Å²) in [4.78, 5) is 0. The number of allylic oxidation sites excluding steroid dienone is 2. The second-order valence-corrected chi connectivity index (χ2v) is 2.87. The molecule has 1 nitrogen and oxygen atoms in total. The van der Waals surface area contributed by atoms with E-state index in [9.17, 15) is 13.2 Å². The molecule has 0 fully saturated rings. The van der Waals surface area contributed by atoms with Crippen LogP contribution < -0.4 is 0 Å². The summed E-state index contributed by atoms with van der Waals surface area (Å²) in [6.45, 7) is -1.79. The predicted molar refractivity (Wildman–Crippen MR) is 50.8 cm³/mol. The first-order valence-electron chi connectivity index (χ1n) is 4.22. The maximum Gasteiger partial charge on any atom is 0.129 e. The van der Waals surface area contributed by atoms with E-state index in [1.807, 2.05) is 0 Å². The summed E-state index contributed by atoms with van der Waals surface area (Å²) in [5, 5.41) is 8.37. The van der Waals surface area contributed by atoms with E-state index in [0.29, 0.717) is 5.56 Å². The van der Waals surface area contributed by atoms with Crippen LogP contribution in [0.15, 0.2) is 24.3 Å². The topological polar surface area (TPSA) is 23.8 Å². The molecule has 0 heterocycles. The monoisotopic (exact) mass is 211 g/mol. The van der Waals surface area contributed by atoms with Crippen LogP contribution in [0, 0.1) is 17.1 Å². The highest BCUT2D eigenvalue weighted by molar-refractivity contribution is 5.68. The highest BCUT2D eigenvalue weighted by atomic mass is 19.1. The molecule has 0 aromatic heterocycles. The highest BCUT2D eigenvalue weighted by Crippen LogP contribution is 2.19. The molecule has 4 heteroatoms. The molecule has 0 amide bonds. The van der Waals surface area contributed by atoms with Crippen LogP contribution in [0.2, 0.25) is 0 Å². The maximum absolute atomic E-state index is 12.9. The molecule has 0 spiro atoms. The lowest BCUT2D eigenvalue weighted by Crippen LogP contribution is -1.92. The molecular weight excluding hydrogens is 203 g/mol. The Morgan fingerprint density at radius 3 is 2.67 bits per heavy atom. The van der Waals surface area contributed by atoms with Gasteiger partial charge in [-0.2, -0.15) is 5.26 Å². The third kappa shape index (κ3) is 2.59. The predicted octanol–water partition coefficient (Wildman–Crippen LogP) is 3.17. The number of hydrogen-bond donors (Lipinski definition) is 0. The summed E-state index contributed by atoms with van der Waals surface area (Å²) in [5.74, 6) is -0.670. The van der Waals surface area contributed by atoms with E-state index in [-0.39, 0.29) is 11.1 Å². The molecule has 15 heavy (non-hydrogen) atoms. The molecule has 1 rings (SSSR count). The number of nitrogens with zero attached hydrogens (tertiary/aromatic N) is 1. The van der Waals surface area contributed by atoms with Gasteiger partial charge in [-0.05, 0) is 17.7 Å². The zero-order valence-corrected chi connectivity index (χ0v) is 7.80. The Kier molecular flexibility index (Phi) is 3.92. The quantitative estimate of drug-likeness (QED) is 0.704. The lowest BCUT2D eigenvalue weighted by Gasteiger charge is -2.04. The van der Waals surface area contributed by atoms with Crippen molar-refractivity contribution in [3.63, 3.8) is 0 Å². The van der Waals surface area contributed by atoms with Crippen LogP contribution in [0.3, 0.4) is 0 Å². The first kappa shape index (κ1) is 11.3. The van der Waals surface area contributed by atoms with Crippen LogP contribution in [0.1, 0.15) is 11.1 Å². The van der Waals surface area contributed by atoms with E-state index in [0.717, 1.165) is 12.1 Å². The molecular formula is C11H8F3N. The highest BCUT2D eigenvalue weighted by Gasteiger charge is 2.06. The summed E-state index contributed by atoms with van der Waals surface area (Å²) < 4.78 is 37.7. The Hall–Kier alpha value is -1.76. The first-order valence-corrected chi connectivity index (χ1v) is 4.22. The van der Waals surface area contributed by atoms with Gasteiger partial charge in [-0.1, -0.05) is 6.07 Å². The summed E-state index contributed by atoms with van der Waals surface area (Å²) >= 11 is 0. The largest absolute Gasteiger partial charge is 0.246 e. The average Bonchev–Trinajstić information content (AvgIpc) is 2.27. The summed E-state index contributed by atoms with van der Waals surface area (Å²) in [7, 11) is 0. The second-order valence-electron chi connectivity index (χ2n) is 2.87.